The number of benzene rings is 6. The van der Waals surface area contributed by atoms with Crippen molar-refractivity contribution in [1.29, 1.82) is 0 Å². The summed E-state index contributed by atoms with van der Waals surface area (Å²) in [6, 6.07) is 65.8. The molecule has 0 aromatic heterocycles. The summed E-state index contributed by atoms with van der Waals surface area (Å²) in [5, 5.41) is 4.67. The minimum absolute atomic E-state index is 0.689. The molecule has 0 amide bonds. The first kappa shape index (κ1) is 28.6. The van der Waals surface area contributed by atoms with Crippen molar-refractivity contribution >= 4 is 59.7 Å². The molecule has 6 rings (SSSR count). The van der Waals surface area contributed by atoms with Crippen LogP contribution in [-0.4, -0.2) is 12.7 Å². The summed E-state index contributed by atoms with van der Waals surface area (Å²) in [5.41, 5.74) is 0. The molecule has 4 heteroatoms. The van der Waals surface area contributed by atoms with Gasteiger partial charge in [0, 0.05) is 0 Å². The molecular formula is C38H34BrNP2. The Labute approximate surface area is 258 Å². The van der Waals surface area contributed by atoms with Gasteiger partial charge >= 0.3 is 259 Å². The van der Waals surface area contributed by atoms with Gasteiger partial charge < -0.3 is 0 Å². The summed E-state index contributed by atoms with van der Waals surface area (Å²) in [6.45, 7) is 0.689. The van der Waals surface area contributed by atoms with E-state index in [1.807, 2.05) is 0 Å². The van der Waals surface area contributed by atoms with Gasteiger partial charge in [-0.05, 0) is 0 Å². The summed E-state index contributed by atoms with van der Waals surface area (Å²) in [5.74, 6) is 0. The van der Waals surface area contributed by atoms with E-state index in [-0.39, 0.29) is 0 Å². The average molecular weight is 647 g/mol. The van der Waals surface area contributed by atoms with Crippen LogP contribution in [0.1, 0.15) is 0 Å². The third-order valence-electron chi connectivity index (χ3n) is 8.11. The Morgan fingerprint density at radius 1 is 0.405 bits per heavy atom. The summed E-state index contributed by atoms with van der Waals surface area (Å²) in [4.78, 5) is 0. The van der Waals surface area contributed by atoms with Crippen LogP contribution in [0.5, 0.6) is 0 Å². The van der Waals surface area contributed by atoms with Crippen LogP contribution >= 0.6 is 27.8 Å². The van der Waals surface area contributed by atoms with E-state index < -0.39 is 12.4 Å². The molecule has 1 nitrogen and oxygen atoms in total. The number of rotatable bonds is 9. The Hall–Kier alpha value is -3.54. The summed E-state index contributed by atoms with van der Waals surface area (Å²) >= 11 is 4.64. The quantitative estimate of drug-likeness (QED) is 0.141. The fraction of sp³-hybridized carbons (Fsp3) is 0.0526. The number of hydrogen-bond donors (Lipinski definition) is 0. The van der Waals surface area contributed by atoms with E-state index in [1.54, 1.807) is 0 Å². The molecule has 42 heavy (non-hydrogen) atoms. The fourth-order valence-corrected chi connectivity index (χ4v) is 16.9. The van der Waals surface area contributed by atoms with Crippen LogP contribution in [0.4, 0.5) is 0 Å². The van der Waals surface area contributed by atoms with Crippen LogP contribution in [0.15, 0.2) is 187 Å². The van der Waals surface area contributed by atoms with Crippen molar-refractivity contribution in [2.24, 2.45) is 4.74 Å². The first-order valence-corrected chi connectivity index (χ1v) is 20.5. The van der Waals surface area contributed by atoms with Gasteiger partial charge in [-0.3, -0.25) is 0 Å². The molecule has 0 aliphatic rings. The van der Waals surface area contributed by atoms with Crippen LogP contribution < -0.4 is 31.8 Å². The van der Waals surface area contributed by atoms with Gasteiger partial charge in [-0.1, -0.05) is 0 Å². The maximum absolute atomic E-state index is 5.89. The monoisotopic (exact) mass is 645 g/mol. The van der Waals surface area contributed by atoms with Crippen molar-refractivity contribution in [3.05, 3.63) is 182 Å². The number of hydrogen-bond acceptors (Lipinski definition) is 1. The molecule has 0 radical (unpaired) electrons. The molecule has 0 saturated heterocycles. The third-order valence-corrected chi connectivity index (χ3v) is 21.8. The molecule has 0 saturated carbocycles. The first-order chi connectivity index (χ1) is 20.7. The van der Waals surface area contributed by atoms with Gasteiger partial charge in [0.05, 0.1) is 0 Å². The SMILES string of the molecule is BrP(CCN=P(c1ccccc1)(c1ccccc1)c1ccccc1)(c1ccccc1)(c1ccccc1)c1ccccc1. The van der Waals surface area contributed by atoms with E-state index >= 15 is 0 Å². The van der Waals surface area contributed by atoms with E-state index in [4.69, 9.17) is 4.74 Å². The average Bonchev–Trinajstić information content (AvgIpc) is 3.09. The first-order valence-electron chi connectivity index (χ1n) is 14.3. The standard InChI is InChI=1S/C38H34BrNP2/c39-42(36-25-13-4-14-26-36,37-27-15-5-16-28-37,38-29-17-6-18-30-38)32-31-40-41(33-19-7-1-8-20-33,34-21-9-2-10-22-34)35-23-11-3-12-24-35/h1-30H,31-32H2. The van der Waals surface area contributed by atoms with Gasteiger partial charge in [0.15, 0.2) is 0 Å². The van der Waals surface area contributed by atoms with E-state index in [0.717, 1.165) is 6.16 Å². The van der Waals surface area contributed by atoms with E-state index in [0.29, 0.717) is 6.54 Å². The van der Waals surface area contributed by atoms with Crippen LogP contribution in [0.2, 0.25) is 0 Å². The van der Waals surface area contributed by atoms with E-state index in [1.165, 1.54) is 31.8 Å². The predicted octanol–water partition coefficient (Wildman–Crippen LogP) is 8.00. The Morgan fingerprint density at radius 2 is 0.667 bits per heavy atom. The molecule has 0 bridgehead atoms. The molecule has 6 aromatic rings. The molecule has 208 valence electrons. The van der Waals surface area contributed by atoms with Crippen molar-refractivity contribution in [2.45, 2.75) is 0 Å². The number of halogens is 1. The van der Waals surface area contributed by atoms with Gasteiger partial charge in [-0.15, -0.1) is 0 Å². The zero-order valence-electron chi connectivity index (χ0n) is 23.5. The molecule has 0 fully saturated rings. The molecule has 0 heterocycles. The molecule has 0 atom stereocenters. The van der Waals surface area contributed by atoms with Crippen molar-refractivity contribution in [3.63, 3.8) is 0 Å². The molecular weight excluding hydrogens is 612 g/mol. The normalized spacial score (nSPS) is 12.6. The van der Waals surface area contributed by atoms with Gasteiger partial charge in [-0.2, -0.15) is 0 Å². The topological polar surface area (TPSA) is 12.4 Å². The molecule has 0 aliphatic heterocycles. The number of nitrogens with zero attached hydrogens (tertiary/aromatic N) is 1. The van der Waals surface area contributed by atoms with Crippen molar-refractivity contribution in [2.75, 3.05) is 12.7 Å². The second-order valence-corrected chi connectivity index (χ2v) is 22.6. The summed E-state index contributed by atoms with van der Waals surface area (Å²) in [6.07, 6.45) is 0.859. The van der Waals surface area contributed by atoms with Crippen molar-refractivity contribution < 1.29 is 0 Å². The molecule has 0 spiro atoms. The Kier molecular flexibility index (Phi) is 8.41. The zero-order chi connectivity index (χ0) is 28.7. The van der Waals surface area contributed by atoms with Crippen LogP contribution in [0.3, 0.4) is 0 Å². The van der Waals surface area contributed by atoms with E-state index in [9.17, 15) is 0 Å². The molecule has 0 N–H and O–H groups in total. The van der Waals surface area contributed by atoms with E-state index in [2.05, 4.69) is 197 Å². The van der Waals surface area contributed by atoms with Gasteiger partial charge in [0.25, 0.3) is 0 Å². The Morgan fingerprint density at radius 3 is 0.952 bits per heavy atom. The maximum atomic E-state index is 5.89. The van der Waals surface area contributed by atoms with Crippen molar-refractivity contribution in [3.8, 4) is 0 Å². The van der Waals surface area contributed by atoms with Gasteiger partial charge in [0.1, 0.15) is 0 Å². The van der Waals surface area contributed by atoms with Crippen LogP contribution in [0, 0.1) is 0 Å². The summed E-state index contributed by atoms with van der Waals surface area (Å²) in [7, 11) is -2.32. The minimum atomic E-state index is -3.11. The zero-order valence-corrected chi connectivity index (χ0v) is 26.8. The van der Waals surface area contributed by atoms with Crippen molar-refractivity contribution in [1.82, 2.24) is 0 Å². The second kappa shape index (κ2) is 12.4. The fourth-order valence-electron chi connectivity index (χ4n) is 6.06. The van der Waals surface area contributed by atoms with Gasteiger partial charge in [0.2, 0.25) is 0 Å². The molecule has 6 aromatic carbocycles. The Bertz CT molecular complexity index is 1570. The third kappa shape index (κ3) is 5.03. The molecule has 0 unspecified atom stereocenters. The second-order valence-electron chi connectivity index (χ2n) is 10.4. The summed E-state index contributed by atoms with van der Waals surface area (Å²) < 4.78 is 5.89. The Balaban J connectivity index is 1.63. The van der Waals surface area contributed by atoms with Crippen LogP contribution in [0.25, 0.3) is 0 Å². The predicted molar refractivity (Wildman–Crippen MR) is 191 cm³/mol. The molecule has 0 aliphatic carbocycles. The van der Waals surface area contributed by atoms with Crippen LogP contribution in [-0.2, 0) is 0 Å². The van der Waals surface area contributed by atoms with Gasteiger partial charge in [-0.25, -0.2) is 0 Å².